The minimum absolute atomic E-state index is 0. The molecule has 21 heavy (non-hydrogen) atoms. The summed E-state index contributed by atoms with van der Waals surface area (Å²) in [5, 5.41) is 8.98. The third-order valence-corrected chi connectivity index (χ3v) is 4.00. The average Bonchev–Trinajstić information content (AvgIpc) is 2.45. The van der Waals surface area contributed by atoms with Gasteiger partial charge in [0, 0.05) is 19.0 Å². The molecule has 1 aliphatic carbocycles. The van der Waals surface area contributed by atoms with Crippen LogP contribution in [0.25, 0.3) is 0 Å². The Balaban J connectivity index is 0.00000400. The SMILES string of the molecule is CCCNC(=O)C1(NC(=O)C(C)CNC)CCCCC1.Cl. The third-order valence-electron chi connectivity index (χ3n) is 4.00. The summed E-state index contributed by atoms with van der Waals surface area (Å²) >= 11 is 0. The number of hydrogen-bond acceptors (Lipinski definition) is 3. The van der Waals surface area contributed by atoms with E-state index in [2.05, 4.69) is 16.0 Å². The van der Waals surface area contributed by atoms with E-state index >= 15 is 0 Å². The van der Waals surface area contributed by atoms with E-state index in [1.54, 1.807) is 0 Å². The molecular formula is C15H30ClN3O2. The fraction of sp³-hybridized carbons (Fsp3) is 0.867. The summed E-state index contributed by atoms with van der Waals surface area (Å²) in [5.41, 5.74) is -0.688. The van der Waals surface area contributed by atoms with Crippen molar-refractivity contribution in [3.63, 3.8) is 0 Å². The van der Waals surface area contributed by atoms with Crippen LogP contribution in [0.3, 0.4) is 0 Å². The second kappa shape index (κ2) is 10.0. The molecule has 6 heteroatoms. The van der Waals surface area contributed by atoms with Gasteiger partial charge in [-0.05, 0) is 26.3 Å². The number of nitrogens with one attached hydrogen (secondary N) is 3. The molecule has 0 spiro atoms. The van der Waals surface area contributed by atoms with Gasteiger partial charge in [0.15, 0.2) is 0 Å². The van der Waals surface area contributed by atoms with Crippen molar-refractivity contribution >= 4 is 24.2 Å². The van der Waals surface area contributed by atoms with E-state index in [-0.39, 0.29) is 30.1 Å². The smallest absolute Gasteiger partial charge is 0.245 e. The first-order valence-electron chi connectivity index (χ1n) is 7.80. The Labute approximate surface area is 134 Å². The van der Waals surface area contributed by atoms with Crippen molar-refractivity contribution in [3.05, 3.63) is 0 Å². The van der Waals surface area contributed by atoms with E-state index in [9.17, 15) is 9.59 Å². The molecule has 1 aliphatic rings. The van der Waals surface area contributed by atoms with E-state index in [0.717, 1.165) is 38.5 Å². The van der Waals surface area contributed by atoms with Crippen LogP contribution in [0.15, 0.2) is 0 Å². The van der Waals surface area contributed by atoms with Gasteiger partial charge in [-0.15, -0.1) is 12.4 Å². The lowest BCUT2D eigenvalue weighted by molar-refractivity contribution is -0.136. The molecule has 0 heterocycles. The van der Waals surface area contributed by atoms with Crippen LogP contribution in [0.5, 0.6) is 0 Å². The number of carbonyl (C=O) groups is 2. The van der Waals surface area contributed by atoms with Gasteiger partial charge in [0.1, 0.15) is 5.54 Å². The Morgan fingerprint density at radius 3 is 2.33 bits per heavy atom. The lowest BCUT2D eigenvalue weighted by atomic mass is 9.80. The summed E-state index contributed by atoms with van der Waals surface area (Å²) in [4.78, 5) is 24.7. The largest absolute Gasteiger partial charge is 0.354 e. The maximum Gasteiger partial charge on any atom is 0.245 e. The predicted molar refractivity (Wildman–Crippen MR) is 87.6 cm³/mol. The van der Waals surface area contributed by atoms with Crippen molar-refractivity contribution in [2.45, 2.75) is 57.9 Å². The van der Waals surface area contributed by atoms with Crippen molar-refractivity contribution in [1.29, 1.82) is 0 Å². The van der Waals surface area contributed by atoms with Crippen LogP contribution in [0.1, 0.15) is 52.4 Å². The maximum atomic E-state index is 12.5. The molecule has 2 amide bonds. The number of rotatable bonds is 7. The van der Waals surface area contributed by atoms with Crippen molar-refractivity contribution in [3.8, 4) is 0 Å². The lowest BCUT2D eigenvalue weighted by Gasteiger charge is -2.37. The van der Waals surface area contributed by atoms with Gasteiger partial charge in [-0.2, -0.15) is 0 Å². The molecule has 0 saturated heterocycles. The highest BCUT2D eigenvalue weighted by Gasteiger charge is 2.41. The average molecular weight is 320 g/mol. The van der Waals surface area contributed by atoms with Crippen molar-refractivity contribution in [2.75, 3.05) is 20.1 Å². The molecule has 0 aliphatic heterocycles. The molecule has 1 saturated carbocycles. The fourth-order valence-electron chi connectivity index (χ4n) is 2.73. The summed E-state index contributed by atoms with van der Waals surface area (Å²) in [6.45, 7) is 5.20. The predicted octanol–water partition coefficient (Wildman–Crippen LogP) is 1.61. The van der Waals surface area contributed by atoms with Gasteiger partial charge >= 0.3 is 0 Å². The summed E-state index contributed by atoms with van der Waals surface area (Å²) < 4.78 is 0. The number of halogens is 1. The first-order valence-corrected chi connectivity index (χ1v) is 7.80. The Morgan fingerprint density at radius 1 is 1.19 bits per heavy atom. The van der Waals surface area contributed by atoms with Crippen LogP contribution in [0.2, 0.25) is 0 Å². The van der Waals surface area contributed by atoms with Crippen LogP contribution in [0, 0.1) is 5.92 Å². The molecule has 1 unspecified atom stereocenters. The molecule has 3 N–H and O–H groups in total. The summed E-state index contributed by atoms with van der Waals surface area (Å²) in [7, 11) is 1.83. The Kier molecular flexibility index (Phi) is 9.62. The van der Waals surface area contributed by atoms with Crippen LogP contribution in [0.4, 0.5) is 0 Å². The van der Waals surface area contributed by atoms with Crippen LogP contribution < -0.4 is 16.0 Å². The van der Waals surface area contributed by atoms with Gasteiger partial charge < -0.3 is 16.0 Å². The minimum Gasteiger partial charge on any atom is -0.354 e. The standard InChI is InChI=1S/C15H29N3O2.ClH/c1-4-10-17-14(20)15(8-6-5-7-9-15)18-13(19)12(2)11-16-3;/h12,16H,4-11H2,1-3H3,(H,17,20)(H,18,19);1H. The highest BCUT2D eigenvalue weighted by Crippen LogP contribution is 2.28. The second-order valence-corrected chi connectivity index (χ2v) is 5.85. The number of carbonyl (C=O) groups excluding carboxylic acids is 2. The normalized spacial score (nSPS) is 18.2. The summed E-state index contributed by atoms with van der Waals surface area (Å²) in [5.74, 6) is -0.172. The lowest BCUT2D eigenvalue weighted by Crippen LogP contribution is -2.61. The molecule has 0 aromatic heterocycles. The first-order chi connectivity index (χ1) is 9.55. The van der Waals surface area contributed by atoms with Gasteiger partial charge in [-0.3, -0.25) is 9.59 Å². The van der Waals surface area contributed by atoms with Gasteiger partial charge in [0.25, 0.3) is 0 Å². The van der Waals surface area contributed by atoms with Crippen molar-refractivity contribution < 1.29 is 9.59 Å². The zero-order chi connectivity index (χ0) is 15.0. The maximum absolute atomic E-state index is 12.5. The van der Waals surface area contributed by atoms with E-state index in [0.29, 0.717) is 13.1 Å². The monoisotopic (exact) mass is 319 g/mol. The highest BCUT2D eigenvalue weighted by molar-refractivity contribution is 5.92. The molecule has 1 rings (SSSR count). The van der Waals surface area contributed by atoms with Crippen molar-refractivity contribution in [2.24, 2.45) is 5.92 Å². The first kappa shape index (κ1) is 20.2. The molecule has 124 valence electrons. The van der Waals surface area contributed by atoms with E-state index < -0.39 is 5.54 Å². The van der Waals surface area contributed by atoms with E-state index in [4.69, 9.17) is 0 Å². The molecule has 0 bridgehead atoms. The molecular weight excluding hydrogens is 290 g/mol. The topological polar surface area (TPSA) is 70.2 Å². The van der Waals surface area contributed by atoms with Gasteiger partial charge in [-0.1, -0.05) is 33.1 Å². The second-order valence-electron chi connectivity index (χ2n) is 5.85. The van der Waals surface area contributed by atoms with Crippen LogP contribution >= 0.6 is 12.4 Å². The number of amides is 2. The van der Waals surface area contributed by atoms with E-state index in [1.807, 2.05) is 20.9 Å². The summed E-state index contributed by atoms with van der Waals surface area (Å²) in [6.07, 6.45) is 5.55. The van der Waals surface area contributed by atoms with Gasteiger partial charge in [-0.25, -0.2) is 0 Å². The van der Waals surface area contributed by atoms with Gasteiger partial charge in [0.2, 0.25) is 11.8 Å². The quantitative estimate of drug-likeness (QED) is 0.667. The molecule has 1 fully saturated rings. The Hall–Kier alpha value is -0.810. The highest BCUT2D eigenvalue weighted by atomic mass is 35.5. The minimum atomic E-state index is -0.688. The third kappa shape index (κ3) is 5.83. The van der Waals surface area contributed by atoms with Crippen LogP contribution in [-0.4, -0.2) is 37.5 Å². The molecule has 0 aromatic rings. The zero-order valence-electron chi connectivity index (χ0n) is 13.5. The molecule has 0 aromatic carbocycles. The Morgan fingerprint density at radius 2 is 1.81 bits per heavy atom. The molecule has 1 atom stereocenters. The fourth-order valence-corrected chi connectivity index (χ4v) is 2.73. The molecule has 5 nitrogen and oxygen atoms in total. The van der Waals surface area contributed by atoms with Gasteiger partial charge in [0.05, 0.1) is 0 Å². The van der Waals surface area contributed by atoms with E-state index in [1.165, 1.54) is 0 Å². The van der Waals surface area contributed by atoms with Crippen LogP contribution in [-0.2, 0) is 9.59 Å². The molecule has 0 radical (unpaired) electrons. The summed E-state index contributed by atoms with van der Waals surface area (Å²) in [6, 6.07) is 0. The van der Waals surface area contributed by atoms with Crippen molar-refractivity contribution in [1.82, 2.24) is 16.0 Å². The Bertz CT molecular complexity index is 331. The zero-order valence-corrected chi connectivity index (χ0v) is 14.3. The number of hydrogen-bond donors (Lipinski definition) is 3.